The Morgan fingerprint density at radius 2 is 1.79 bits per heavy atom. The van der Waals surface area contributed by atoms with E-state index in [9.17, 15) is 9.90 Å². The second-order valence-corrected chi connectivity index (χ2v) is 4.31. The van der Waals surface area contributed by atoms with Crippen LogP contribution in [0.2, 0.25) is 0 Å². The van der Waals surface area contributed by atoms with Crippen LogP contribution in [0.25, 0.3) is 0 Å². The van der Waals surface area contributed by atoms with E-state index in [1.807, 2.05) is 19.1 Å². The lowest BCUT2D eigenvalue weighted by atomic mass is 10.0. The third-order valence-electron chi connectivity index (χ3n) is 2.90. The molecule has 0 amide bonds. The van der Waals surface area contributed by atoms with E-state index in [2.05, 4.69) is 0 Å². The van der Waals surface area contributed by atoms with Gasteiger partial charge in [0.1, 0.15) is 0 Å². The minimum atomic E-state index is -0.162. The van der Waals surface area contributed by atoms with Crippen LogP contribution in [-0.2, 0) is 0 Å². The summed E-state index contributed by atoms with van der Waals surface area (Å²) in [5, 5.41) is 9.65. The second kappa shape index (κ2) is 5.02. The Morgan fingerprint density at radius 3 is 2.37 bits per heavy atom. The maximum Gasteiger partial charge on any atom is 0.193 e. The van der Waals surface area contributed by atoms with E-state index in [1.165, 1.54) is 19.2 Å². The van der Waals surface area contributed by atoms with E-state index < -0.39 is 0 Å². The van der Waals surface area contributed by atoms with Crippen LogP contribution in [0.1, 0.15) is 21.5 Å². The summed E-state index contributed by atoms with van der Waals surface area (Å²) in [6.45, 7) is 1.95. The average Bonchev–Trinajstić information content (AvgIpc) is 2.41. The van der Waals surface area contributed by atoms with Crippen LogP contribution in [0.5, 0.6) is 11.5 Å². The first kappa shape index (κ1) is 13.0. The number of ketones is 1. The summed E-state index contributed by atoms with van der Waals surface area (Å²) < 4.78 is 4.99. The molecule has 0 heterocycles. The fraction of sp³-hybridized carbons (Fsp3) is 0.133. The molecule has 2 aromatic carbocycles. The first-order valence-corrected chi connectivity index (χ1v) is 5.80. The lowest BCUT2D eigenvalue weighted by Crippen LogP contribution is -2.03. The minimum Gasteiger partial charge on any atom is -0.503 e. The summed E-state index contributed by atoms with van der Waals surface area (Å²) in [4.78, 5) is 12.3. The van der Waals surface area contributed by atoms with Crippen molar-refractivity contribution in [2.24, 2.45) is 0 Å². The number of nitrogen functional groups attached to an aromatic ring is 1. The van der Waals surface area contributed by atoms with Gasteiger partial charge in [0.2, 0.25) is 0 Å². The molecule has 0 atom stereocenters. The number of aryl methyl sites for hydroxylation is 1. The number of aromatic hydroxyl groups is 1. The van der Waals surface area contributed by atoms with Gasteiger partial charge in [-0.25, -0.2) is 0 Å². The predicted molar refractivity (Wildman–Crippen MR) is 73.7 cm³/mol. The molecule has 19 heavy (non-hydrogen) atoms. The molecule has 0 unspecified atom stereocenters. The van der Waals surface area contributed by atoms with Gasteiger partial charge in [0.25, 0.3) is 0 Å². The molecule has 0 bridgehead atoms. The van der Waals surface area contributed by atoms with Crippen LogP contribution in [0.15, 0.2) is 36.4 Å². The fourth-order valence-electron chi connectivity index (χ4n) is 1.79. The van der Waals surface area contributed by atoms with Gasteiger partial charge < -0.3 is 15.6 Å². The van der Waals surface area contributed by atoms with Crippen molar-refractivity contribution in [1.82, 2.24) is 0 Å². The molecule has 0 fully saturated rings. The van der Waals surface area contributed by atoms with Gasteiger partial charge in [-0.1, -0.05) is 29.8 Å². The van der Waals surface area contributed by atoms with Gasteiger partial charge in [-0.15, -0.1) is 0 Å². The highest BCUT2D eigenvalue weighted by Gasteiger charge is 2.14. The Bertz CT molecular complexity index is 618. The van der Waals surface area contributed by atoms with Gasteiger partial charge in [0, 0.05) is 11.1 Å². The summed E-state index contributed by atoms with van der Waals surface area (Å²) in [6, 6.07) is 10.2. The molecule has 4 heteroatoms. The van der Waals surface area contributed by atoms with Crippen molar-refractivity contribution in [1.29, 1.82) is 0 Å². The normalized spacial score (nSPS) is 10.2. The molecule has 2 rings (SSSR count). The molecule has 0 spiro atoms. The summed E-state index contributed by atoms with van der Waals surface area (Å²) in [6.07, 6.45) is 0. The zero-order chi connectivity index (χ0) is 14.0. The molecule has 0 aliphatic heterocycles. The smallest absolute Gasteiger partial charge is 0.193 e. The molecule has 4 nitrogen and oxygen atoms in total. The highest BCUT2D eigenvalue weighted by molar-refractivity contribution is 6.10. The number of carbonyl (C=O) groups excluding carboxylic acids is 1. The second-order valence-electron chi connectivity index (χ2n) is 4.31. The zero-order valence-corrected chi connectivity index (χ0v) is 10.8. The molecule has 0 aliphatic rings. The molecule has 0 aliphatic carbocycles. The Morgan fingerprint density at radius 1 is 1.16 bits per heavy atom. The number of carbonyl (C=O) groups is 1. The highest BCUT2D eigenvalue weighted by Crippen LogP contribution is 2.33. The monoisotopic (exact) mass is 257 g/mol. The lowest BCUT2D eigenvalue weighted by Gasteiger charge is -2.09. The number of methoxy groups -OCH3 is 1. The van der Waals surface area contributed by atoms with E-state index in [0.717, 1.165) is 5.56 Å². The maximum atomic E-state index is 12.3. The minimum absolute atomic E-state index is 0.120. The van der Waals surface area contributed by atoms with Crippen molar-refractivity contribution in [3.05, 3.63) is 53.1 Å². The number of anilines is 1. The Kier molecular flexibility index (Phi) is 3.42. The van der Waals surface area contributed by atoms with Crippen LogP contribution in [0, 0.1) is 6.92 Å². The van der Waals surface area contributed by atoms with Crippen molar-refractivity contribution in [2.45, 2.75) is 6.92 Å². The lowest BCUT2D eigenvalue weighted by molar-refractivity contribution is 0.103. The van der Waals surface area contributed by atoms with Gasteiger partial charge in [-0.05, 0) is 19.1 Å². The van der Waals surface area contributed by atoms with Crippen molar-refractivity contribution in [3.8, 4) is 11.5 Å². The van der Waals surface area contributed by atoms with Crippen LogP contribution in [0.3, 0.4) is 0 Å². The summed E-state index contributed by atoms with van der Waals surface area (Å²) >= 11 is 0. The molecule has 0 aromatic heterocycles. The van der Waals surface area contributed by atoms with Gasteiger partial charge in [0.05, 0.1) is 12.8 Å². The van der Waals surface area contributed by atoms with Crippen molar-refractivity contribution in [3.63, 3.8) is 0 Å². The summed E-state index contributed by atoms with van der Waals surface area (Å²) in [7, 11) is 1.41. The standard InChI is InChI=1S/C15H15NO3/c1-9-3-5-10(6-4-9)14(17)11-7-12(16)15(18)13(8-11)19-2/h3-8,18H,16H2,1-2H3. The van der Waals surface area contributed by atoms with Crippen LogP contribution < -0.4 is 10.5 Å². The molecule has 3 N–H and O–H groups in total. The Hall–Kier alpha value is -2.49. The van der Waals surface area contributed by atoms with Crippen molar-refractivity contribution < 1.29 is 14.6 Å². The first-order valence-electron chi connectivity index (χ1n) is 5.80. The van der Waals surface area contributed by atoms with Crippen molar-refractivity contribution >= 4 is 11.5 Å². The van der Waals surface area contributed by atoms with Crippen LogP contribution in [-0.4, -0.2) is 18.0 Å². The number of hydrogen-bond acceptors (Lipinski definition) is 4. The SMILES string of the molecule is COc1cc(C(=O)c2ccc(C)cc2)cc(N)c1O. The highest BCUT2D eigenvalue weighted by atomic mass is 16.5. The third kappa shape index (κ3) is 2.52. The largest absolute Gasteiger partial charge is 0.503 e. The van der Waals surface area contributed by atoms with Gasteiger partial charge in [0.15, 0.2) is 17.3 Å². The van der Waals surface area contributed by atoms with E-state index in [-0.39, 0.29) is 23.0 Å². The molecule has 0 radical (unpaired) electrons. The van der Waals surface area contributed by atoms with Crippen molar-refractivity contribution in [2.75, 3.05) is 12.8 Å². The maximum absolute atomic E-state index is 12.3. The van der Waals surface area contributed by atoms with Gasteiger partial charge in [-0.3, -0.25) is 4.79 Å². The number of phenols is 1. The zero-order valence-electron chi connectivity index (χ0n) is 10.8. The quantitative estimate of drug-likeness (QED) is 0.503. The molecule has 0 saturated carbocycles. The number of ether oxygens (including phenoxy) is 1. The summed E-state index contributed by atoms with van der Waals surface area (Å²) in [5.74, 6) is -0.122. The van der Waals surface area contributed by atoms with E-state index >= 15 is 0 Å². The predicted octanol–water partition coefficient (Wildman–Crippen LogP) is 2.52. The number of benzene rings is 2. The van der Waals surface area contributed by atoms with E-state index in [1.54, 1.807) is 12.1 Å². The Balaban J connectivity index is 2.44. The van der Waals surface area contributed by atoms with E-state index in [0.29, 0.717) is 11.1 Å². The van der Waals surface area contributed by atoms with Gasteiger partial charge >= 0.3 is 0 Å². The molecule has 98 valence electrons. The van der Waals surface area contributed by atoms with Gasteiger partial charge in [-0.2, -0.15) is 0 Å². The Labute approximate surface area is 111 Å². The summed E-state index contributed by atoms with van der Waals surface area (Å²) in [5.41, 5.74) is 7.81. The number of hydrogen-bond donors (Lipinski definition) is 2. The third-order valence-corrected chi connectivity index (χ3v) is 2.90. The molecule has 0 saturated heterocycles. The molecular weight excluding hydrogens is 242 g/mol. The fourth-order valence-corrected chi connectivity index (χ4v) is 1.79. The first-order chi connectivity index (χ1) is 9.02. The van der Waals surface area contributed by atoms with E-state index in [4.69, 9.17) is 10.5 Å². The van der Waals surface area contributed by atoms with Crippen LogP contribution in [0.4, 0.5) is 5.69 Å². The molecular formula is C15H15NO3. The topological polar surface area (TPSA) is 72.5 Å². The van der Waals surface area contributed by atoms with Crippen LogP contribution >= 0.6 is 0 Å². The number of nitrogens with two attached hydrogens (primary N) is 1. The number of rotatable bonds is 3. The average molecular weight is 257 g/mol. The number of phenolic OH excluding ortho intramolecular Hbond substituents is 1. The molecule has 2 aromatic rings.